The Hall–Kier alpha value is -2.15. The Balaban J connectivity index is 2.70. The van der Waals surface area contributed by atoms with Crippen molar-refractivity contribution in [3.05, 3.63) is 35.1 Å². The summed E-state index contributed by atoms with van der Waals surface area (Å²) in [6.07, 6.45) is 0.856. The van der Waals surface area contributed by atoms with Gasteiger partial charge in [-0.25, -0.2) is 4.39 Å². The Bertz CT molecular complexity index is 520. The van der Waals surface area contributed by atoms with Crippen molar-refractivity contribution in [1.29, 1.82) is 0 Å². The molecule has 0 aliphatic rings. The number of nitrogens with one attached hydrogen (secondary N) is 2. The molecule has 21 heavy (non-hydrogen) atoms. The van der Waals surface area contributed by atoms with Crippen molar-refractivity contribution in [2.45, 2.75) is 32.9 Å². The standard InChI is InChI=1S/C14H21FN4O2/c1-3-7-17-14(20)9(2)18-8-10-5-4-6-11(12(10)15)13(16)19-21/h4-6,9,18,21H,3,7-8H2,1-2H3,(H2,16,19)(H,17,20). The van der Waals surface area contributed by atoms with Gasteiger partial charge >= 0.3 is 0 Å². The maximum atomic E-state index is 14.2. The molecule has 0 saturated carbocycles. The van der Waals surface area contributed by atoms with Crippen molar-refractivity contribution in [3.8, 4) is 0 Å². The Labute approximate surface area is 123 Å². The third-order valence-corrected chi connectivity index (χ3v) is 3.00. The number of oxime groups is 1. The molecule has 0 radical (unpaired) electrons. The van der Waals surface area contributed by atoms with Crippen molar-refractivity contribution in [2.24, 2.45) is 10.9 Å². The van der Waals surface area contributed by atoms with Gasteiger partial charge in [0.1, 0.15) is 5.82 Å². The van der Waals surface area contributed by atoms with Gasteiger partial charge in [0.05, 0.1) is 11.6 Å². The first-order valence-corrected chi connectivity index (χ1v) is 6.77. The highest BCUT2D eigenvalue weighted by molar-refractivity contribution is 5.97. The molecule has 0 aromatic heterocycles. The fourth-order valence-electron chi connectivity index (χ4n) is 1.73. The lowest BCUT2D eigenvalue weighted by Gasteiger charge is -2.14. The number of nitrogens with two attached hydrogens (primary N) is 1. The molecule has 6 nitrogen and oxygen atoms in total. The van der Waals surface area contributed by atoms with Gasteiger partial charge in [-0.1, -0.05) is 24.2 Å². The molecule has 0 bridgehead atoms. The number of carbonyl (C=O) groups excluding carboxylic acids is 1. The van der Waals surface area contributed by atoms with Crippen LogP contribution in [-0.2, 0) is 11.3 Å². The second kappa shape index (κ2) is 8.21. The SMILES string of the molecule is CCCNC(=O)C(C)NCc1cccc(/C(N)=N/O)c1F. The van der Waals surface area contributed by atoms with Gasteiger partial charge in [0.2, 0.25) is 5.91 Å². The molecule has 1 amide bonds. The number of amidine groups is 1. The number of benzene rings is 1. The van der Waals surface area contributed by atoms with Crippen LogP contribution in [0.2, 0.25) is 0 Å². The molecule has 0 spiro atoms. The topological polar surface area (TPSA) is 99.7 Å². The van der Waals surface area contributed by atoms with Crippen LogP contribution in [0.25, 0.3) is 0 Å². The molecule has 116 valence electrons. The van der Waals surface area contributed by atoms with Gasteiger partial charge in [0.25, 0.3) is 0 Å². The van der Waals surface area contributed by atoms with Crippen LogP contribution in [0.4, 0.5) is 4.39 Å². The minimum absolute atomic E-state index is 0.0277. The maximum Gasteiger partial charge on any atom is 0.236 e. The zero-order valence-corrected chi connectivity index (χ0v) is 12.2. The number of hydrogen-bond donors (Lipinski definition) is 4. The van der Waals surface area contributed by atoms with E-state index < -0.39 is 11.9 Å². The first kappa shape index (κ1) is 16.9. The van der Waals surface area contributed by atoms with Crippen molar-refractivity contribution in [1.82, 2.24) is 10.6 Å². The third-order valence-electron chi connectivity index (χ3n) is 3.00. The smallest absolute Gasteiger partial charge is 0.236 e. The molecule has 0 heterocycles. The predicted molar refractivity (Wildman–Crippen MR) is 78.5 cm³/mol. The minimum Gasteiger partial charge on any atom is -0.409 e. The summed E-state index contributed by atoms with van der Waals surface area (Å²) in [5, 5.41) is 17.1. The second-order valence-electron chi connectivity index (χ2n) is 4.66. The minimum atomic E-state index is -0.568. The van der Waals surface area contributed by atoms with Crippen molar-refractivity contribution in [2.75, 3.05) is 6.54 Å². The van der Waals surface area contributed by atoms with E-state index in [1.807, 2.05) is 6.92 Å². The molecule has 0 saturated heterocycles. The molecular formula is C14H21FN4O2. The first-order valence-electron chi connectivity index (χ1n) is 6.77. The summed E-state index contributed by atoms with van der Waals surface area (Å²) < 4.78 is 14.2. The van der Waals surface area contributed by atoms with Crippen LogP contribution in [0.3, 0.4) is 0 Å². The summed E-state index contributed by atoms with van der Waals surface area (Å²) in [4.78, 5) is 11.7. The van der Waals surface area contributed by atoms with E-state index in [0.29, 0.717) is 12.1 Å². The lowest BCUT2D eigenvalue weighted by molar-refractivity contribution is -0.122. The number of halogens is 1. The molecule has 0 aliphatic carbocycles. The van der Waals surface area contributed by atoms with Crippen LogP contribution in [0.15, 0.2) is 23.4 Å². The van der Waals surface area contributed by atoms with E-state index in [4.69, 9.17) is 10.9 Å². The Morgan fingerprint density at radius 3 is 2.86 bits per heavy atom. The third kappa shape index (κ3) is 4.71. The van der Waals surface area contributed by atoms with Crippen molar-refractivity contribution in [3.63, 3.8) is 0 Å². The average molecular weight is 296 g/mol. The highest BCUT2D eigenvalue weighted by Gasteiger charge is 2.15. The molecular weight excluding hydrogens is 275 g/mol. The molecule has 0 fully saturated rings. The van der Waals surface area contributed by atoms with Crippen LogP contribution in [0, 0.1) is 5.82 Å². The van der Waals surface area contributed by atoms with Gasteiger partial charge in [-0.3, -0.25) is 4.79 Å². The predicted octanol–water partition coefficient (Wildman–Crippen LogP) is 0.924. The van der Waals surface area contributed by atoms with Gasteiger partial charge in [-0.2, -0.15) is 0 Å². The Morgan fingerprint density at radius 1 is 1.52 bits per heavy atom. The maximum absolute atomic E-state index is 14.2. The fourth-order valence-corrected chi connectivity index (χ4v) is 1.73. The summed E-state index contributed by atoms with van der Waals surface area (Å²) in [6.45, 7) is 4.44. The van der Waals surface area contributed by atoms with Gasteiger partial charge < -0.3 is 21.6 Å². The monoisotopic (exact) mass is 296 g/mol. The molecule has 5 N–H and O–H groups in total. The van der Waals surface area contributed by atoms with Crippen LogP contribution < -0.4 is 16.4 Å². The van der Waals surface area contributed by atoms with Crippen LogP contribution >= 0.6 is 0 Å². The number of rotatable bonds is 7. The normalized spacial score (nSPS) is 13.0. The van der Waals surface area contributed by atoms with Crippen LogP contribution in [0.1, 0.15) is 31.4 Å². The summed E-state index contributed by atoms with van der Waals surface area (Å²) >= 11 is 0. The summed E-state index contributed by atoms with van der Waals surface area (Å²) in [5.41, 5.74) is 5.77. The number of amides is 1. The second-order valence-corrected chi connectivity index (χ2v) is 4.66. The quantitative estimate of drug-likeness (QED) is 0.260. The van der Waals surface area contributed by atoms with Crippen molar-refractivity contribution >= 4 is 11.7 Å². The van der Waals surface area contributed by atoms with Gasteiger partial charge in [0.15, 0.2) is 5.84 Å². The molecule has 1 aromatic carbocycles. The van der Waals surface area contributed by atoms with E-state index in [9.17, 15) is 9.18 Å². The largest absolute Gasteiger partial charge is 0.409 e. The summed E-state index contributed by atoms with van der Waals surface area (Å²) in [6, 6.07) is 4.16. The molecule has 1 atom stereocenters. The van der Waals surface area contributed by atoms with E-state index in [2.05, 4.69) is 15.8 Å². The van der Waals surface area contributed by atoms with Crippen LogP contribution in [-0.4, -0.2) is 29.5 Å². The molecule has 1 aromatic rings. The summed E-state index contributed by atoms with van der Waals surface area (Å²) in [7, 11) is 0. The van der Waals surface area contributed by atoms with E-state index in [-0.39, 0.29) is 23.9 Å². The van der Waals surface area contributed by atoms with Crippen LogP contribution in [0.5, 0.6) is 0 Å². The summed E-state index contributed by atoms with van der Waals surface area (Å²) in [5.74, 6) is -0.991. The zero-order valence-electron chi connectivity index (χ0n) is 12.2. The van der Waals surface area contributed by atoms with E-state index in [1.54, 1.807) is 19.1 Å². The van der Waals surface area contributed by atoms with E-state index in [0.717, 1.165) is 6.42 Å². The molecule has 1 unspecified atom stereocenters. The number of nitrogens with zero attached hydrogens (tertiary/aromatic N) is 1. The Kier molecular flexibility index (Phi) is 6.61. The highest BCUT2D eigenvalue weighted by Crippen LogP contribution is 2.13. The molecule has 0 aliphatic heterocycles. The first-order chi connectivity index (χ1) is 10.0. The number of carbonyl (C=O) groups is 1. The fraction of sp³-hybridized carbons (Fsp3) is 0.429. The van der Waals surface area contributed by atoms with Gasteiger partial charge in [0, 0.05) is 18.7 Å². The van der Waals surface area contributed by atoms with Crippen molar-refractivity contribution < 1.29 is 14.4 Å². The molecule has 7 heteroatoms. The van der Waals surface area contributed by atoms with E-state index >= 15 is 0 Å². The lowest BCUT2D eigenvalue weighted by atomic mass is 10.1. The Morgan fingerprint density at radius 2 is 2.24 bits per heavy atom. The van der Waals surface area contributed by atoms with E-state index in [1.165, 1.54) is 6.07 Å². The highest BCUT2D eigenvalue weighted by atomic mass is 19.1. The molecule has 1 rings (SSSR count). The van der Waals surface area contributed by atoms with Gasteiger partial charge in [-0.05, 0) is 19.4 Å². The zero-order chi connectivity index (χ0) is 15.8. The van der Waals surface area contributed by atoms with Gasteiger partial charge in [-0.15, -0.1) is 0 Å². The number of hydrogen-bond acceptors (Lipinski definition) is 4. The average Bonchev–Trinajstić information content (AvgIpc) is 2.50. The lowest BCUT2D eigenvalue weighted by Crippen LogP contribution is -2.42.